The first-order valence-corrected chi connectivity index (χ1v) is 9.19. The molecule has 0 radical (unpaired) electrons. The summed E-state index contributed by atoms with van der Waals surface area (Å²) in [7, 11) is 0. The summed E-state index contributed by atoms with van der Waals surface area (Å²) in [6.07, 6.45) is 4.12. The van der Waals surface area contributed by atoms with Crippen LogP contribution in [-0.2, 0) is 17.8 Å². The fraction of sp³-hybridized carbons (Fsp3) is 0.400. The smallest absolute Gasteiger partial charge is 0.254 e. The topological polar surface area (TPSA) is 66.4 Å². The standard InChI is InChI=1S/C20H21FN4O2/c1-13(26)24-9-7-17-15(12-24)11-22-19(23-17)18-6-3-8-25(18)20(27)14-4-2-5-16(21)10-14/h2,4-5,10-11,18H,3,6-9,12H2,1H3/t18-/m0/s1. The summed E-state index contributed by atoms with van der Waals surface area (Å²) in [5.74, 6) is 0.0670. The quantitative estimate of drug-likeness (QED) is 0.817. The van der Waals surface area contributed by atoms with Crippen molar-refractivity contribution in [2.75, 3.05) is 13.1 Å². The van der Waals surface area contributed by atoms with E-state index in [0.717, 1.165) is 24.1 Å². The average molecular weight is 368 g/mol. The van der Waals surface area contributed by atoms with Gasteiger partial charge in [-0.3, -0.25) is 9.59 Å². The predicted octanol–water partition coefficient (Wildman–Crippen LogP) is 2.50. The van der Waals surface area contributed by atoms with E-state index in [1.165, 1.54) is 12.1 Å². The summed E-state index contributed by atoms with van der Waals surface area (Å²) in [5, 5.41) is 0. The van der Waals surface area contributed by atoms with Gasteiger partial charge in [-0.2, -0.15) is 0 Å². The first kappa shape index (κ1) is 17.6. The van der Waals surface area contributed by atoms with Crippen LogP contribution in [0.4, 0.5) is 4.39 Å². The maximum Gasteiger partial charge on any atom is 0.254 e. The Morgan fingerprint density at radius 2 is 2.11 bits per heavy atom. The number of hydrogen-bond acceptors (Lipinski definition) is 4. The summed E-state index contributed by atoms with van der Waals surface area (Å²) >= 11 is 0. The molecule has 140 valence electrons. The normalized spacial score (nSPS) is 19.1. The van der Waals surface area contributed by atoms with Crippen molar-refractivity contribution in [3.8, 4) is 0 Å². The van der Waals surface area contributed by atoms with Crippen molar-refractivity contribution >= 4 is 11.8 Å². The summed E-state index contributed by atoms with van der Waals surface area (Å²) in [5.41, 5.74) is 2.25. The van der Waals surface area contributed by atoms with Crippen LogP contribution in [0.15, 0.2) is 30.5 Å². The number of carbonyl (C=O) groups excluding carboxylic acids is 2. The van der Waals surface area contributed by atoms with E-state index in [9.17, 15) is 14.0 Å². The zero-order chi connectivity index (χ0) is 19.0. The number of nitrogens with zero attached hydrogens (tertiary/aromatic N) is 4. The minimum Gasteiger partial charge on any atom is -0.338 e. The van der Waals surface area contributed by atoms with Gasteiger partial charge in [0.05, 0.1) is 11.7 Å². The molecule has 6 nitrogen and oxygen atoms in total. The summed E-state index contributed by atoms with van der Waals surface area (Å²) in [4.78, 5) is 37.2. The fourth-order valence-electron chi connectivity index (χ4n) is 3.83. The van der Waals surface area contributed by atoms with Gasteiger partial charge in [0.15, 0.2) is 5.82 Å². The van der Waals surface area contributed by atoms with Crippen molar-refractivity contribution in [1.29, 1.82) is 0 Å². The largest absolute Gasteiger partial charge is 0.338 e. The van der Waals surface area contributed by atoms with Crippen LogP contribution in [0.1, 0.15) is 53.2 Å². The molecule has 1 aromatic heterocycles. The minimum absolute atomic E-state index is 0.0485. The summed E-state index contributed by atoms with van der Waals surface area (Å²) in [6, 6.07) is 5.57. The minimum atomic E-state index is -0.420. The molecule has 4 rings (SSSR count). The molecule has 2 aliphatic heterocycles. The van der Waals surface area contributed by atoms with Gasteiger partial charge in [-0.15, -0.1) is 0 Å². The molecule has 1 saturated heterocycles. The number of hydrogen-bond donors (Lipinski definition) is 0. The summed E-state index contributed by atoms with van der Waals surface area (Å²) < 4.78 is 13.5. The number of likely N-dealkylation sites (tertiary alicyclic amines) is 1. The molecule has 0 unspecified atom stereocenters. The number of halogens is 1. The molecule has 1 aromatic carbocycles. The van der Waals surface area contributed by atoms with E-state index >= 15 is 0 Å². The van der Waals surface area contributed by atoms with Crippen molar-refractivity contribution in [2.24, 2.45) is 0 Å². The van der Waals surface area contributed by atoms with Crippen LogP contribution in [0.25, 0.3) is 0 Å². The van der Waals surface area contributed by atoms with Gasteiger partial charge in [0.25, 0.3) is 5.91 Å². The lowest BCUT2D eigenvalue weighted by atomic mass is 10.1. The van der Waals surface area contributed by atoms with Gasteiger partial charge in [-0.1, -0.05) is 6.07 Å². The highest BCUT2D eigenvalue weighted by Gasteiger charge is 2.33. The Bertz CT molecular complexity index is 901. The van der Waals surface area contributed by atoms with Gasteiger partial charge in [0.1, 0.15) is 5.82 Å². The van der Waals surface area contributed by atoms with Crippen LogP contribution in [0, 0.1) is 5.82 Å². The van der Waals surface area contributed by atoms with Crippen LogP contribution in [-0.4, -0.2) is 44.7 Å². The first-order valence-electron chi connectivity index (χ1n) is 9.19. The maximum atomic E-state index is 13.5. The predicted molar refractivity (Wildman–Crippen MR) is 96.2 cm³/mol. The number of amides is 2. The highest BCUT2D eigenvalue weighted by Crippen LogP contribution is 2.32. The first-order chi connectivity index (χ1) is 13.0. The van der Waals surface area contributed by atoms with E-state index in [0.29, 0.717) is 37.4 Å². The Labute approximate surface area is 157 Å². The van der Waals surface area contributed by atoms with Crippen molar-refractivity contribution < 1.29 is 14.0 Å². The van der Waals surface area contributed by atoms with Crippen molar-refractivity contribution in [3.05, 3.63) is 58.9 Å². The van der Waals surface area contributed by atoms with Gasteiger partial charge in [0, 0.05) is 50.3 Å². The molecule has 7 heteroatoms. The molecule has 1 fully saturated rings. The van der Waals surface area contributed by atoms with Crippen LogP contribution in [0.2, 0.25) is 0 Å². The Morgan fingerprint density at radius 1 is 1.26 bits per heavy atom. The molecular formula is C20H21FN4O2. The van der Waals surface area contributed by atoms with Gasteiger partial charge in [-0.05, 0) is 31.0 Å². The van der Waals surface area contributed by atoms with E-state index in [1.54, 1.807) is 35.1 Å². The molecule has 0 aliphatic carbocycles. The second kappa shape index (κ2) is 7.06. The van der Waals surface area contributed by atoms with Crippen LogP contribution < -0.4 is 0 Å². The molecule has 0 bridgehead atoms. The second-order valence-corrected chi connectivity index (χ2v) is 7.06. The molecule has 2 amide bonds. The highest BCUT2D eigenvalue weighted by molar-refractivity contribution is 5.94. The molecule has 2 aromatic rings. The molecule has 2 aliphatic rings. The lowest BCUT2D eigenvalue weighted by Crippen LogP contribution is -2.36. The second-order valence-electron chi connectivity index (χ2n) is 7.06. The van der Waals surface area contributed by atoms with Crippen LogP contribution >= 0.6 is 0 Å². The highest BCUT2D eigenvalue weighted by atomic mass is 19.1. The average Bonchev–Trinajstić information content (AvgIpc) is 3.16. The fourth-order valence-corrected chi connectivity index (χ4v) is 3.83. The van der Waals surface area contributed by atoms with Gasteiger partial charge in [0.2, 0.25) is 5.91 Å². The Morgan fingerprint density at radius 3 is 2.89 bits per heavy atom. The Balaban J connectivity index is 1.58. The third-order valence-corrected chi connectivity index (χ3v) is 5.28. The van der Waals surface area contributed by atoms with E-state index < -0.39 is 5.82 Å². The number of fused-ring (bicyclic) bond motifs is 1. The Kier molecular flexibility index (Phi) is 4.59. The lowest BCUT2D eigenvalue weighted by molar-refractivity contribution is -0.129. The molecule has 0 N–H and O–H groups in total. The van der Waals surface area contributed by atoms with Gasteiger partial charge >= 0.3 is 0 Å². The van der Waals surface area contributed by atoms with Gasteiger partial charge < -0.3 is 9.80 Å². The van der Waals surface area contributed by atoms with E-state index in [2.05, 4.69) is 4.98 Å². The lowest BCUT2D eigenvalue weighted by Gasteiger charge is -2.28. The molecule has 3 heterocycles. The van der Waals surface area contributed by atoms with E-state index in [1.807, 2.05) is 0 Å². The van der Waals surface area contributed by atoms with Crippen LogP contribution in [0.5, 0.6) is 0 Å². The Hall–Kier alpha value is -2.83. The number of benzene rings is 1. The molecular weight excluding hydrogens is 347 g/mol. The molecule has 1 atom stereocenters. The third kappa shape index (κ3) is 3.41. The van der Waals surface area contributed by atoms with Crippen molar-refractivity contribution in [1.82, 2.24) is 19.8 Å². The SMILES string of the molecule is CC(=O)N1CCc2nc([C@@H]3CCCN3C(=O)c3cccc(F)c3)ncc2C1. The summed E-state index contributed by atoms with van der Waals surface area (Å²) in [6.45, 7) is 3.35. The van der Waals surface area contributed by atoms with E-state index in [4.69, 9.17) is 4.98 Å². The zero-order valence-corrected chi connectivity index (χ0v) is 15.2. The van der Waals surface area contributed by atoms with E-state index in [-0.39, 0.29) is 17.9 Å². The monoisotopic (exact) mass is 368 g/mol. The van der Waals surface area contributed by atoms with Gasteiger partial charge in [-0.25, -0.2) is 14.4 Å². The number of rotatable bonds is 2. The number of carbonyl (C=O) groups is 2. The van der Waals surface area contributed by atoms with Crippen LogP contribution in [0.3, 0.4) is 0 Å². The molecule has 0 saturated carbocycles. The zero-order valence-electron chi connectivity index (χ0n) is 15.2. The van der Waals surface area contributed by atoms with Crippen molar-refractivity contribution in [2.45, 2.75) is 38.8 Å². The maximum absolute atomic E-state index is 13.5. The van der Waals surface area contributed by atoms with Crippen molar-refractivity contribution in [3.63, 3.8) is 0 Å². The third-order valence-electron chi connectivity index (χ3n) is 5.28. The molecule has 27 heavy (non-hydrogen) atoms. The molecule has 0 spiro atoms. The number of aromatic nitrogens is 2.